The number of piperidine rings is 1. The van der Waals surface area contributed by atoms with Gasteiger partial charge in [-0.2, -0.15) is 19.0 Å². The van der Waals surface area contributed by atoms with Gasteiger partial charge in [0.1, 0.15) is 45.2 Å². The Kier molecular flexibility index (Phi) is 10.7. The molecule has 0 unspecified atom stereocenters. The highest BCUT2D eigenvalue weighted by molar-refractivity contribution is 7.92. The topological polar surface area (TPSA) is 164 Å². The minimum atomic E-state index is -3.85. The largest absolute Gasteiger partial charge is 0.371 e. The molecule has 4 aliphatic rings. The molecule has 64 heavy (non-hydrogen) atoms. The first-order valence-electron chi connectivity index (χ1n) is 20.1. The summed E-state index contributed by atoms with van der Waals surface area (Å²) in [6.07, 6.45) is -0.539. The van der Waals surface area contributed by atoms with Crippen molar-refractivity contribution < 1.29 is 48.0 Å². The van der Waals surface area contributed by atoms with Crippen molar-refractivity contribution in [2.45, 2.75) is 68.3 Å². The summed E-state index contributed by atoms with van der Waals surface area (Å²) in [7, 11) is -5.56. The molecule has 1 saturated carbocycles. The zero-order valence-electron chi connectivity index (χ0n) is 34.3. The minimum Gasteiger partial charge on any atom is -0.371 e. The third-order valence-corrected chi connectivity index (χ3v) is 14.8. The second kappa shape index (κ2) is 15.7. The van der Waals surface area contributed by atoms with Crippen molar-refractivity contribution in [1.82, 2.24) is 24.9 Å². The summed E-state index contributed by atoms with van der Waals surface area (Å²) in [5.41, 5.74) is 0.693. The van der Waals surface area contributed by atoms with Crippen LogP contribution in [-0.4, -0.2) is 85.0 Å². The van der Waals surface area contributed by atoms with Crippen molar-refractivity contribution in [1.29, 1.82) is 0 Å². The van der Waals surface area contributed by atoms with Crippen LogP contribution in [0.2, 0.25) is 5.02 Å². The fourth-order valence-corrected chi connectivity index (χ4v) is 11.2. The molecule has 0 spiro atoms. The lowest BCUT2D eigenvalue weighted by Gasteiger charge is -2.37. The SMILES string of the molecule is Cn1nc(NS(C)(=O)=O)c2c(Cl)ccc(N3Cc4ccc(N5CCC(S(C)(=O)=O)CC5)cc4N=C3[C@H](Cc3cc(F)cc(F)c3)NC(=O)Cn3nc(C(F)F)c4c3C(F)(F)[C@@H]3C[C@H]43)c21. The summed E-state index contributed by atoms with van der Waals surface area (Å²) in [5.74, 6) is -8.32. The maximum atomic E-state index is 15.6. The average Bonchev–Trinajstić information content (AvgIpc) is 3.75. The van der Waals surface area contributed by atoms with Crippen molar-refractivity contribution >= 4 is 77.0 Å². The van der Waals surface area contributed by atoms with Crippen LogP contribution in [-0.2, 0) is 57.1 Å². The van der Waals surface area contributed by atoms with E-state index in [1.54, 1.807) is 24.1 Å². The number of benzene rings is 3. The number of amidine groups is 1. The number of carbonyl (C=O) groups is 1. The number of amides is 1. The van der Waals surface area contributed by atoms with E-state index in [1.165, 1.54) is 17.0 Å². The number of fused-ring (bicyclic) bond motifs is 5. The molecule has 3 aromatic carbocycles. The average molecular weight is 952 g/mol. The predicted octanol–water partition coefficient (Wildman–Crippen LogP) is 6.71. The highest BCUT2D eigenvalue weighted by Crippen LogP contribution is 2.68. The number of hydrogen-bond donors (Lipinski definition) is 2. The van der Waals surface area contributed by atoms with Gasteiger partial charge < -0.3 is 15.1 Å². The third kappa shape index (κ3) is 8.05. The second-order valence-corrected chi connectivity index (χ2v) is 21.3. The Balaban J connectivity index is 1.16. The number of alkyl halides is 4. The molecule has 2 aliphatic heterocycles. The van der Waals surface area contributed by atoms with Gasteiger partial charge in [-0.25, -0.2) is 39.4 Å². The summed E-state index contributed by atoms with van der Waals surface area (Å²) in [4.78, 5) is 22.9. The van der Waals surface area contributed by atoms with E-state index in [1.807, 2.05) is 17.0 Å². The van der Waals surface area contributed by atoms with Crippen molar-refractivity contribution in [3.8, 4) is 0 Å². The first-order valence-corrected chi connectivity index (χ1v) is 24.4. The molecule has 2 N–H and O–H groups in total. The van der Waals surface area contributed by atoms with E-state index >= 15 is 8.78 Å². The summed E-state index contributed by atoms with van der Waals surface area (Å²) < 4.78 is 143. The quantitative estimate of drug-likeness (QED) is 0.130. The van der Waals surface area contributed by atoms with Gasteiger partial charge in [0.2, 0.25) is 15.9 Å². The van der Waals surface area contributed by atoms with Gasteiger partial charge in [0.25, 0.3) is 12.3 Å². The lowest BCUT2D eigenvalue weighted by molar-refractivity contribution is -0.122. The van der Waals surface area contributed by atoms with Crippen LogP contribution in [0.1, 0.15) is 59.7 Å². The molecule has 14 nitrogen and oxygen atoms in total. The molecule has 3 atom stereocenters. The molecule has 2 aliphatic carbocycles. The van der Waals surface area contributed by atoms with E-state index in [2.05, 4.69) is 20.2 Å². The number of carbonyl (C=O) groups excluding carboxylic acids is 1. The highest BCUT2D eigenvalue weighted by atomic mass is 35.5. The van der Waals surface area contributed by atoms with Crippen LogP contribution >= 0.6 is 11.6 Å². The number of nitrogens with zero attached hydrogens (tertiary/aromatic N) is 7. The Bertz CT molecular complexity index is 2990. The number of aliphatic imine (C=N–C) groups is 1. The first-order chi connectivity index (χ1) is 30.1. The fourth-order valence-electron chi connectivity index (χ4n) is 9.39. The van der Waals surface area contributed by atoms with Gasteiger partial charge in [-0.05, 0) is 72.7 Å². The van der Waals surface area contributed by atoms with E-state index in [0.717, 1.165) is 18.4 Å². The summed E-state index contributed by atoms with van der Waals surface area (Å²) in [6.45, 7) is -0.0181. The number of sulfonamides is 1. The van der Waals surface area contributed by atoms with Crippen molar-refractivity contribution in [3.63, 3.8) is 0 Å². The Labute approximate surface area is 368 Å². The molecular weight excluding hydrogens is 912 g/mol. The van der Waals surface area contributed by atoms with E-state index in [-0.39, 0.29) is 52.6 Å². The number of sulfone groups is 1. The Morgan fingerprint density at radius 2 is 1.69 bits per heavy atom. The van der Waals surface area contributed by atoms with Gasteiger partial charge in [0, 0.05) is 56.0 Å². The summed E-state index contributed by atoms with van der Waals surface area (Å²) in [5, 5.41) is 10.8. The first kappa shape index (κ1) is 43.9. The van der Waals surface area contributed by atoms with Gasteiger partial charge in [0.15, 0.2) is 5.82 Å². The van der Waals surface area contributed by atoms with Crippen LogP contribution < -0.4 is 19.8 Å². The molecule has 0 bridgehead atoms. The lowest BCUT2D eigenvalue weighted by Crippen LogP contribution is -2.51. The van der Waals surface area contributed by atoms with E-state index < -0.39 is 90.8 Å². The van der Waals surface area contributed by atoms with Gasteiger partial charge in [-0.1, -0.05) is 17.7 Å². The van der Waals surface area contributed by atoms with Crippen LogP contribution in [0.15, 0.2) is 53.5 Å². The maximum absolute atomic E-state index is 15.6. The molecule has 340 valence electrons. The molecule has 1 saturated heterocycles. The summed E-state index contributed by atoms with van der Waals surface area (Å²) in [6, 6.07) is 10.0. The zero-order chi connectivity index (χ0) is 45.8. The van der Waals surface area contributed by atoms with Crippen LogP contribution in [0, 0.1) is 17.6 Å². The standard InChI is InChI=1S/C41H40ClF6N9O5S2/c1-54-36-31(7-6-28(42)34(36)39(52-54)53-64(3,61)62)56-18-21-4-5-24(55-10-8-25(9-11-55)63(2,59)60)16-29(21)50-40(56)30(14-20-12-22(43)15-23(44)13-20)49-32(58)19-57-37-33(35(51-57)38(45)46)26-17-27(26)41(37,47)48/h4-7,12-13,15-16,25-27,30,38H,8-11,14,17-19H2,1-3H3,(H,49,58)(H,52,53)/t26-,27+,30-/m0/s1. The Hall–Kier alpha value is -5.35. The monoisotopic (exact) mass is 951 g/mol. The second-order valence-electron chi connectivity index (χ2n) is 16.8. The number of anilines is 3. The van der Waals surface area contributed by atoms with Gasteiger partial charge in [-0.3, -0.25) is 18.9 Å². The zero-order valence-corrected chi connectivity index (χ0v) is 36.7. The molecule has 4 heterocycles. The van der Waals surface area contributed by atoms with Crippen molar-refractivity contribution in [2.75, 3.05) is 40.1 Å². The van der Waals surface area contributed by atoms with Crippen molar-refractivity contribution in [3.05, 3.63) is 93.3 Å². The maximum Gasteiger partial charge on any atom is 0.293 e. The van der Waals surface area contributed by atoms with Crippen LogP contribution in [0.5, 0.6) is 0 Å². The molecule has 2 aromatic heterocycles. The highest BCUT2D eigenvalue weighted by Gasteiger charge is 2.67. The van der Waals surface area contributed by atoms with Gasteiger partial charge in [-0.15, -0.1) is 0 Å². The van der Waals surface area contributed by atoms with E-state index in [4.69, 9.17) is 16.6 Å². The molecular formula is C41H40ClF6N9O5S2. The number of aryl methyl sites for hydroxylation is 1. The Morgan fingerprint density at radius 3 is 2.34 bits per heavy atom. The normalized spacial score (nSPS) is 20.0. The molecule has 1 amide bonds. The third-order valence-electron chi connectivity index (χ3n) is 12.3. The predicted molar refractivity (Wildman–Crippen MR) is 228 cm³/mol. The minimum absolute atomic E-state index is 0.0160. The number of aromatic nitrogens is 4. The van der Waals surface area contributed by atoms with Crippen LogP contribution in [0.3, 0.4) is 0 Å². The number of nitrogens with one attached hydrogen (secondary N) is 2. The molecule has 0 radical (unpaired) electrons. The van der Waals surface area contributed by atoms with Gasteiger partial charge >= 0.3 is 0 Å². The molecule has 2 fully saturated rings. The smallest absolute Gasteiger partial charge is 0.293 e. The lowest BCUT2D eigenvalue weighted by atomic mass is 10.00. The Morgan fingerprint density at radius 1 is 0.984 bits per heavy atom. The summed E-state index contributed by atoms with van der Waals surface area (Å²) >= 11 is 6.68. The number of halogens is 7. The molecule has 23 heteroatoms. The van der Waals surface area contributed by atoms with Crippen LogP contribution in [0.4, 0.5) is 49.2 Å². The molecule has 9 rings (SSSR count). The van der Waals surface area contributed by atoms with E-state index in [0.29, 0.717) is 64.8 Å². The van der Waals surface area contributed by atoms with Crippen LogP contribution in [0.25, 0.3) is 10.9 Å². The van der Waals surface area contributed by atoms with Gasteiger partial charge in [0.05, 0.1) is 51.4 Å². The van der Waals surface area contributed by atoms with Crippen molar-refractivity contribution in [2.24, 2.45) is 18.0 Å². The number of rotatable bonds is 12. The number of hydrogen-bond acceptors (Lipinski definition) is 10. The molecule has 5 aromatic rings. The fraction of sp³-hybridized carbons (Fsp3) is 0.415. The van der Waals surface area contributed by atoms with E-state index in [9.17, 15) is 39.2 Å².